The summed E-state index contributed by atoms with van der Waals surface area (Å²) >= 11 is 0. The molecule has 0 spiro atoms. The quantitative estimate of drug-likeness (QED) is 0.0261. The summed E-state index contributed by atoms with van der Waals surface area (Å²) in [6.07, 6.45) is 81.1. The first-order valence-electron chi connectivity index (χ1n) is 35.7. The van der Waals surface area contributed by atoms with Crippen molar-refractivity contribution in [3.8, 4) is 0 Å². The van der Waals surface area contributed by atoms with Crippen LogP contribution in [-0.2, 0) is 28.6 Å². The highest BCUT2D eigenvalue weighted by Crippen LogP contribution is 2.19. The highest BCUT2D eigenvalue weighted by atomic mass is 16.6. The molecule has 0 bridgehead atoms. The van der Waals surface area contributed by atoms with Crippen LogP contribution in [0.4, 0.5) is 0 Å². The Morgan fingerprint density at radius 2 is 0.423 bits per heavy atom. The Bertz CT molecular complexity index is 1210. The van der Waals surface area contributed by atoms with E-state index in [0.29, 0.717) is 19.3 Å². The van der Waals surface area contributed by atoms with E-state index in [1.54, 1.807) is 0 Å². The Labute approximate surface area is 488 Å². The molecule has 0 heterocycles. The second-order valence-corrected chi connectivity index (χ2v) is 24.5. The highest BCUT2D eigenvalue weighted by molar-refractivity contribution is 5.71. The number of hydrogen-bond donors (Lipinski definition) is 0. The number of esters is 3. The van der Waals surface area contributed by atoms with Crippen molar-refractivity contribution in [2.45, 2.75) is 419 Å². The Hall–Kier alpha value is -1.85. The Kier molecular flexibility index (Phi) is 66.0. The first-order valence-corrected chi connectivity index (χ1v) is 35.7. The third kappa shape index (κ3) is 65.0. The van der Waals surface area contributed by atoms with Crippen LogP contribution in [0.25, 0.3) is 0 Å². The van der Waals surface area contributed by atoms with Gasteiger partial charge in [0, 0.05) is 19.3 Å². The number of allylic oxidation sites excluding steroid dienone is 2. The van der Waals surface area contributed by atoms with Crippen molar-refractivity contribution in [1.82, 2.24) is 0 Å². The predicted molar refractivity (Wildman–Crippen MR) is 340 cm³/mol. The number of unbranched alkanes of at least 4 members (excludes halogenated alkanes) is 54. The average Bonchev–Trinajstić information content (AvgIpc) is 3.44. The number of ether oxygens (including phenoxy) is 3. The SMILES string of the molecule is CCCCCC/C=C\CCCCCCCC(=O)OCC(COC(=O)CCCCCCCCCCCCCCCCCCCCCCCCCCCCC)OC(=O)CCCCCCCCCCCCCCCCCCCCCC. The van der Waals surface area contributed by atoms with Crippen LogP contribution in [-0.4, -0.2) is 37.2 Å². The average molecular weight is 1100 g/mol. The number of carbonyl (C=O) groups is 3. The van der Waals surface area contributed by atoms with E-state index >= 15 is 0 Å². The molecule has 6 nitrogen and oxygen atoms in total. The third-order valence-electron chi connectivity index (χ3n) is 16.5. The summed E-state index contributed by atoms with van der Waals surface area (Å²) in [5, 5.41) is 0. The topological polar surface area (TPSA) is 78.9 Å². The van der Waals surface area contributed by atoms with Crippen molar-refractivity contribution >= 4 is 17.9 Å². The van der Waals surface area contributed by atoms with Gasteiger partial charge in [0.1, 0.15) is 13.2 Å². The molecule has 0 aromatic rings. The minimum Gasteiger partial charge on any atom is -0.462 e. The maximum Gasteiger partial charge on any atom is 0.306 e. The molecular formula is C72H138O6. The number of carbonyl (C=O) groups excluding carboxylic acids is 3. The molecule has 1 unspecified atom stereocenters. The summed E-state index contributed by atoms with van der Waals surface area (Å²) in [4.78, 5) is 38.4. The molecule has 0 saturated heterocycles. The summed E-state index contributed by atoms with van der Waals surface area (Å²) in [7, 11) is 0. The zero-order valence-corrected chi connectivity index (χ0v) is 53.2. The van der Waals surface area contributed by atoms with E-state index in [9.17, 15) is 14.4 Å². The van der Waals surface area contributed by atoms with Crippen LogP contribution in [0, 0.1) is 0 Å². The van der Waals surface area contributed by atoms with E-state index in [4.69, 9.17) is 14.2 Å². The first kappa shape index (κ1) is 76.1. The Morgan fingerprint density at radius 3 is 0.654 bits per heavy atom. The van der Waals surface area contributed by atoms with E-state index in [2.05, 4.69) is 32.9 Å². The fourth-order valence-corrected chi connectivity index (χ4v) is 11.2. The van der Waals surface area contributed by atoms with E-state index in [1.807, 2.05) is 0 Å². The molecule has 462 valence electrons. The van der Waals surface area contributed by atoms with E-state index < -0.39 is 6.10 Å². The van der Waals surface area contributed by atoms with Crippen LogP contribution in [0.3, 0.4) is 0 Å². The fourth-order valence-electron chi connectivity index (χ4n) is 11.2. The van der Waals surface area contributed by atoms with Gasteiger partial charge in [-0.2, -0.15) is 0 Å². The number of hydrogen-bond acceptors (Lipinski definition) is 6. The van der Waals surface area contributed by atoms with Crippen LogP contribution in [0.15, 0.2) is 12.2 Å². The molecule has 0 aliphatic carbocycles. The lowest BCUT2D eigenvalue weighted by Gasteiger charge is -2.18. The normalized spacial score (nSPS) is 12.0. The van der Waals surface area contributed by atoms with Crippen molar-refractivity contribution in [3.63, 3.8) is 0 Å². The standard InChI is InChI=1S/C72H138O6/c1-4-7-10-13-16-19-22-25-27-29-31-33-34-35-36-37-38-39-41-42-44-47-50-53-56-59-62-65-71(74)77-68-69(67-76-70(73)64-61-58-55-52-49-46-24-21-18-15-12-9-6-3)78-72(75)66-63-60-57-54-51-48-45-43-40-32-30-28-26-23-20-17-14-11-8-5-2/h21,24,69H,4-20,22-23,25-68H2,1-3H3/b24-21-. The van der Waals surface area contributed by atoms with Crippen molar-refractivity contribution in [1.29, 1.82) is 0 Å². The van der Waals surface area contributed by atoms with Gasteiger partial charge >= 0.3 is 17.9 Å². The fraction of sp³-hybridized carbons (Fsp3) is 0.931. The molecule has 0 aromatic heterocycles. The molecule has 6 heteroatoms. The smallest absolute Gasteiger partial charge is 0.306 e. The van der Waals surface area contributed by atoms with Crippen molar-refractivity contribution < 1.29 is 28.6 Å². The lowest BCUT2D eigenvalue weighted by molar-refractivity contribution is -0.167. The third-order valence-corrected chi connectivity index (χ3v) is 16.5. The minimum absolute atomic E-state index is 0.0657. The maximum absolute atomic E-state index is 12.9. The predicted octanol–water partition coefficient (Wildman–Crippen LogP) is 24.4. The largest absolute Gasteiger partial charge is 0.462 e. The molecule has 0 radical (unpaired) electrons. The van der Waals surface area contributed by atoms with Crippen LogP contribution >= 0.6 is 0 Å². The Morgan fingerprint density at radius 1 is 0.244 bits per heavy atom. The van der Waals surface area contributed by atoms with Gasteiger partial charge < -0.3 is 14.2 Å². The Balaban J connectivity index is 4.17. The molecule has 1 atom stereocenters. The van der Waals surface area contributed by atoms with Gasteiger partial charge in [0.25, 0.3) is 0 Å². The summed E-state index contributed by atoms with van der Waals surface area (Å²) in [6, 6.07) is 0. The van der Waals surface area contributed by atoms with Gasteiger partial charge in [-0.15, -0.1) is 0 Å². The van der Waals surface area contributed by atoms with E-state index in [1.165, 1.54) is 308 Å². The molecule has 0 amide bonds. The van der Waals surface area contributed by atoms with Gasteiger partial charge in [-0.25, -0.2) is 0 Å². The molecule has 0 aliphatic heterocycles. The first-order chi connectivity index (χ1) is 38.5. The zero-order valence-electron chi connectivity index (χ0n) is 53.2. The van der Waals surface area contributed by atoms with Crippen LogP contribution in [0.2, 0.25) is 0 Å². The van der Waals surface area contributed by atoms with Gasteiger partial charge in [-0.1, -0.05) is 360 Å². The summed E-state index contributed by atoms with van der Waals surface area (Å²) < 4.78 is 17.0. The molecular weight excluding hydrogens is 961 g/mol. The van der Waals surface area contributed by atoms with Gasteiger partial charge in [0.15, 0.2) is 6.10 Å². The van der Waals surface area contributed by atoms with Gasteiger partial charge in [-0.3, -0.25) is 14.4 Å². The zero-order chi connectivity index (χ0) is 56.4. The van der Waals surface area contributed by atoms with Gasteiger partial charge in [0.05, 0.1) is 0 Å². The van der Waals surface area contributed by atoms with Crippen LogP contribution in [0.5, 0.6) is 0 Å². The lowest BCUT2D eigenvalue weighted by atomic mass is 10.0. The van der Waals surface area contributed by atoms with Crippen molar-refractivity contribution in [2.24, 2.45) is 0 Å². The molecule has 78 heavy (non-hydrogen) atoms. The molecule has 0 aromatic carbocycles. The minimum atomic E-state index is -0.769. The molecule has 0 N–H and O–H groups in total. The van der Waals surface area contributed by atoms with Crippen molar-refractivity contribution in [2.75, 3.05) is 13.2 Å². The summed E-state index contributed by atoms with van der Waals surface area (Å²) in [5.41, 5.74) is 0. The van der Waals surface area contributed by atoms with Crippen LogP contribution in [0.1, 0.15) is 412 Å². The van der Waals surface area contributed by atoms with E-state index in [-0.39, 0.29) is 31.1 Å². The molecule has 0 saturated carbocycles. The summed E-state index contributed by atoms with van der Waals surface area (Å²) in [6.45, 7) is 6.71. The monoisotopic (exact) mass is 1100 g/mol. The molecule has 0 aliphatic rings. The molecule has 0 fully saturated rings. The van der Waals surface area contributed by atoms with Crippen LogP contribution < -0.4 is 0 Å². The van der Waals surface area contributed by atoms with Gasteiger partial charge in [-0.05, 0) is 44.9 Å². The van der Waals surface area contributed by atoms with E-state index in [0.717, 1.165) is 64.2 Å². The number of rotatable bonds is 67. The second kappa shape index (κ2) is 67.7. The maximum atomic E-state index is 12.9. The summed E-state index contributed by atoms with van der Waals surface area (Å²) in [5.74, 6) is -0.840. The molecule has 0 rings (SSSR count). The second-order valence-electron chi connectivity index (χ2n) is 24.5. The lowest BCUT2D eigenvalue weighted by Crippen LogP contribution is -2.30. The highest BCUT2D eigenvalue weighted by Gasteiger charge is 2.19. The van der Waals surface area contributed by atoms with Gasteiger partial charge in [0.2, 0.25) is 0 Å². The van der Waals surface area contributed by atoms with Crippen molar-refractivity contribution in [3.05, 3.63) is 12.2 Å².